The van der Waals surface area contributed by atoms with Gasteiger partial charge in [-0.25, -0.2) is 4.79 Å². The minimum Gasteiger partial charge on any atom is -0.481 e. The second-order valence-corrected chi connectivity index (χ2v) is 15.4. The molecule has 18 nitrogen and oxygen atoms in total. The summed E-state index contributed by atoms with van der Waals surface area (Å²) >= 11 is 7.67. The number of carboxylic acids is 2. The van der Waals surface area contributed by atoms with Gasteiger partial charge in [-0.1, -0.05) is 104 Å². The largest absolute Gasteiger partial charge is 0.481 e. The van der Waals surface area contributed by atoms with Gasteiger partial charge in [-0.3, -0.25) is 33.5 Å². The van der Waals surface area contributed by atoms with Crippen LogP contribution in [0.2, 0.25) is 0 Å². The Morgan fingerprint density at radius 2 is 0.889 bits per heavy atom. The molecule has 0 aromatic heterocycles. The zero-order valence-corrected chi connectivity index (χ0v) is 39.9. The number of carbonyl (C=O) groups excluding carboxylic acids is 5. The number of hydrogen-bond acceptors (Lipinski definition) is 13. The predicted octanol–water partition coefficient (Wildman–Crippen LogP) is 4.53. The van der Waals surface area contributed by atoms with Crippen LogP contribution in [0.25, 0.3) is 0 Å². The summed E-state index contributed by atoms with van der Waals surface area (Å²) in [6.07, 6.45) is 17.5. The van der Waals surface area contributed by atoms with Crippen molar-refractivity contribution in [1.82, 2.24) is 26.0 Å². The third kappa shape index (κ3) is 45.4. The van der Waals surface area contributed by atoms with Crippen LogP contribution in [0.1, 0.15) is 149 Å². The van der Waals surface area contributed by atoms with Gasteiger partial charge in [-0.2, -0.15) is 0 Å². The molecule has 0 saturated carbocycles. The van der Waals surface area contributed by atoms with Crippen LogP contribution in [0.4, 0.5) is 0 Å². The first-order chi connectivity index (χ1) is 30.5. The summed E-state index contributed by atoms with van der Waals surface area (Å²) in [6.45, 7) is 5.96. The first-order valence-electron chi connectivity index (χ1n) is 22.9. The van der Waals surface area contributed by atoms with Crippen LogP contribution in [0.3, 0.4) is 0 Å². The third-order valence-corrected chi connectivity index (χ3v) is 10.0. The second-order valence-electron chi connectivity index (χ2n) is 14.7. The molecule has 0 saturated heterocycles. The maximum absolute atomic E-state index is 12.3. The van der Waals surface area contributed by atoms with Crippen LogP contribution >= 0.6 is 25.4 Å². The SMILES string of the molecule is CC.O=C(O)CCCCCCCCCCCCCCCCC(=O)NC(CCC(=O)NCCOCCOCC(=O)NCCOCCOCC(=O)NCCCCC(NS)C(=O)S)C(=O)O. The van der Waals surface area contributed by atoms with Crippen molar-refractivity contribution in [3.05, 3.63) is 0 Å². The Morgan fingerprint density at radius 1 is 0.460 bits per heavy atom. The summed E-state index contributed by atoms with van der Waals surface area (Å²) < 4.78 is 23.9. The fourth-order valence-electron chi connectivity index (χ4n) is 5.91. The molecule has 20 heteroatoms. The first-order valence-corrected chi connectivity index (χ1v) is 23.8. The third-order valence-electron chi connectivity index (χ3n) is 9.38. The Hall–Kier alpha value is -3.01. The Kier molecular flexibility index (Phi) is 46.3. The summed E-state index contributed by atoms with van der Waals surface area (Å²) in [7, 11) is 0. The zero-order chi connectivity index (χ0) is 47.2. The molecule has 4 amide bonds. The van der Waals surface area contributed by atoms with Crippen molar-refractivity contribution < 1.29 is 62.7 Å². The molecular weight excluding hydrogens is 859 g/mol. The number of hydrogen-bond donors (Lipinski definition) is 9. The summed E-state index contributed by atoms with van der Waals surface area (Å²) in [4.78, 5) is 81.6. The lowest BCUT2D eigenvalue weighted by Crippen LogP contribution is -2.41. The van der Waals surface area contributed by atoms with Crippen molar-refractivity contribution in [3.8, 4) is 0 Å². The standard InChI is InChI=1S/C41H75N5O13S2.C2H6/c47-35(21-20-33(40(53)54)45-36(48)18-13-11-9-7-5-3-1-2-4-6-8-10-12-14-19-39(51)52)43-23-25-56-27-30-59-32-38(50)44-24-26-57-28-29-58-31-37(49)42-22-16-15-17-34(46-61)41(55)60;1-2/h33-34,46,61H,1-32H2,(H,42,49)(H,43,47)(H,44,50)(H,45,48)(H,51,52)(H,53,54)(H,55,60);1-2H3. The van der Waals surface area contributed by atoms with E-state index in [2.05, 4.69) is 51.4 Å². The van der Waals surface area contributed by atoms with Crippen LogP contribution in [0.5, 0.6) is 0 Å². The smallest absolute Gasteiger partial charge is 0.326 e. The molecule has 0 fully saturated rings. The minimum absolute atomic E-state index is 0.0287. The molecule has 0 aliphatic heterocycles. The summed E-state index contributed by atoms with van der Waals surface area (Å²) in [5.41, 5.74) is 0. The minimum atomic E-state index is -1.19. The van der Waals surface area contributed by atoms with Gasteiger partial charge in [0.1, 0.15) is 19.3 Å². The predicted molar refractivity (Wildman–Crippen MR) is 248 cm³/mol. The molecule has 0 rings (SSSR count). The maximum atomic E-state index is 12.3. The lowest BCUT2D eigenvalue weighted by Gasteiger charge is -2.14. The number of nitrogens with one attached hydrogen (secondary N) is 5. The van der Waals surface area contributed by atoms with Crippen molar-refractivity contribution in [1.29, 1.82) is 0 Å². The summed E-state index contributed by atoms with van der Waals surface area (Å²) in [6, 6.07) is -1.57. The number of carbonyl (C=O) groups is 7. The monoisotopic (exact) mass is 940 g/mol. The molecule has 7 N–H and O–H groups in total. The highest BCUT2D eigenvalue weighted by Gasteiger charge is 2.21. The number of unbranched alkanes of at least 4 members (excludes halogenated alkanes) is 14. The number of aliphatic carboxylic acids is 2. The molecule has 0 heterocycles. The number of ether oxygens (including phenoxy) is 4. The molecular formula is C43H81N5O13S2. The van der Waals surface area contributed by atoms with Crippen LogP contribution in [0, 0.1) is 0 Å². The van der Waals surface area contributed by atoms with E-state index in [0.29, 0.717) is 25.8 Å². The summed E-state index contributed by atoms with van der Waals surface area (Å²) in [5, 5.41) is 28.4. The maximum Gasteiger partial charge on any atom is 0.326 e. The molecule has 0 aromatic carbocycles. The van der Waals surface area contributed by atoms with Crippen LogP contribution in [-0.4, -0.2) is 135 Å². The topological polar surface area (TPSA) is 257 Å². The molecule has 63 heavy (non-hydrogen) atoms. The van der Waals surface area contributed by atoms with E-state index in [1.54, 1.807) is 0 Å². The molecule has 2 atom stereocenters. The van der Waals surface area contributed by atoms with Gasteiger partial charge in [0.2, 0.25) is 28.7 Å². The molecule has 0 aliphatic carbocycles. The Labute approximate surface area is 386 Å². The second kappa shape index (κ2) is 47.0. The average molecular weight is 940 g/mol. The normalized spacial score (nSPS) is 11.7. The number of rotatable bonds is 45. The number of carboxylic acid groups (broad SMARTS) is 2. The lowest BCUT2D eigenvalue weighted by atomic mass is 10.0. The molecule has 2 unspecified atom stereocenters. The Bertz CT molecular complexity index is 1210. The van der Waals surface area contributed by atoms with Gasteiger partial charge in [0.25, 0.3) is 0 Å². The van der Waals surface area contributed by atoms with Crippen LogP contribution in [0.15, 0.2) is 0 Å². The van der Waals surface area contributed by atoms with Gasteiger partial charge < -0.3 is 50.4 Å². The average Bonchev–Trinajstić information content (AvgIpc) is 3.25. The molecule has 0 aliphatic rings. The highest BCUT2D eigenvalue weighted by Crippen LogP contribution is 2.14. The highest BCUT2D eigenvalue weighted by atomic mass is 32.1. The first kappa shape index (κ1) is 62.1. The van der Waals surface area contributed by atoms with Crippen molar-refractivity contribution in [3.63, 3.8) is 0 Å². The van der Waals surface area contributed by atoms with Gasteiger partial charge >= 0.3 is 11.9 Å². The lowest BCUT2D eigenvalue weighted by molar-refractivity contribution is -0.142. The molecule has 0 bridgehead atoms. The highest BCUT2D eigenvalue weighted by molar-refractivity contribution is 7.96. The molecule has 0 aromatic rings. The van der Waals surface area contributed by atoms with E-state index in [4.69, 9.17) is 24.1 Å². The number of amides is 4. The van der Waals surface area contributed by atoms with E-state index in [0.717, 1.165) is 44.9 Å². The zero-order valence-electron chi connectivity index (χ0n) is 38.1. The summed E-state index contributed by atoms with van der Waals surface area (Å²) in [5.74, 6) is -3.16. The van der Waals surface area contributed by atoms with Gasteiger partial charge in [0.05, 0.1) is 45.7 Å². The molecule has 0 radical (unpaired) electrons. The van der Waals surface area contributed by atoms with Crippen molar-refractivity contribution in [2.24, 2.45) is 0 Å². The van der Waals surface area contributed by atoms with Crippen molar-refractivity contribution in [2.75, 3.05) is 72.5 Å². The van der Waals surface area contributed by atoms with E-state index in [-0.39, 0.29) is 120 Å². The number of thiol groups is 2. The molecule has 0 spiro atoms. The van der Waals surface area contributed by atoms with Gasteiger partial charge in [-0.15, -0.1) is 12.6 Å². The van der Waals surface area contributed by atoms with Gasteiger partial charge in [-0.05, 0) is 38.5 Å². The van der Waals surface area contributed by atoms with E-state index >= 15 is 0 Å². The fourth-order valence-corrected chi connectivity index (χ4v) is 6.45. The van der Waals surface area contributed by atoms with Gasteiger partial charge in [0.15, 0.2) is 0 Å². The van der Waals surface area contributed by atoms with Crippen LogP contribution in [-0.2, 0) is 52.5 Å². The Morgan fingerprint density at radius 3 is 1.33 bits per heavy atom. The van der Waals surface area contributed by atoms with Crippen molar-refractivity contribution in [2.45, 2.75) is 161 Å². The van der Waals surface area contributed by atoms with Crippen molar-refractivity contribution >= 4 is 66.1 Å². The Balaban J connectivity index is 0. The van der Waals surface area contributed by atoms with Gasteiger partial charge in [0, 0.05) is 38.9 Å². The van der Waals surface area contributed by atoms with E-state index in [1.165, 1.54) is 44.9 Å². The van der Waals surface area contributed by atoms with Crippen LogP contribution < -0.4 is 26.0 Å². The molecule has 368 valence electrons. The quantitative estimate of drug-likeness (QED) is 0.0301. The van der Waals surface area contributed by atoms with E-state index in [1.807, 2.05) is 13.8 Å². The fraction of sp³-hybridized carbons (Fsp3) is 0.837. The van der Waals surface area contributed by atoms with E-state index < -0.39 is 24.0 Å². The van der Waals surface area contributed by atoms with E-state index in [9.17, 15) is 38.7 Å².